The molecule has 6 nitrogen and oxygen atoms in total. The molecule has 1 saturated carbocycles. The fourth-order valence-electron chi connectivity index (χ4n) is 4.46. The summed E-state index contributed by atoms with van der Waals surface area (Å²) in [6.07, 6.45) is 5.92. The largest absolute Gasteiger partial charge is 0.395 e. The highest BCUT2D eigenvalue weighted by Crippen LogP contribution is 2.35. The second kappa shape index (κ2) is 7.19. The quantitative estimate of drug-likeness (QED) is 0.913. The van der Waals surface area contributed by atoms with Gasteiger partial charge in [-0.3, -0.25) is 14.2 Å². The van der Waals surface area contributed by atoms with Crippen LogP contribution < -0.4 is 5.56 Å². The lowest BCUT2D eigenvalue weighted by Gasteiger charge is -2.28. The van der Waals surface area contributed by atoms with E-state index in [0.29, 0.717) is 16.7 Å². The minimum absolute atomic E-state index is 0.120. The molecule has 0 spiro atoms. The highest BCUT2D eigenvalue weighted by molar-refractivity contribution is 5.80. The lowest BCUT2D eigenvalue weighted by Crippen LogP contribution is -2.38. The normalized spacial score (nSPS) is 21.0. The fraction of sp³-hybridized carbons (Fsp3) is 0.550. The first-order chi connectivity index (χ1) is 12.7. The molecule has 26 heavy (non-hydrogen) atoms. The van der Waals surface area contributed by atoms with Gasteiger partial charge in [0, 0.05) is 12.5 Å². The SMILES string of the molecule is O=C(C1CCCC1)N1CCCC1c1nc2ccccc2c(=O)n1CCO. The third-order valence-electron chi connectivity index (χ3n) is 5.75. The number of hydrogen-bond acceptors (Lipinski definition) is 4. The summed E-state index contributed by atoms with van der Waals surface area (Å²) < 4.78 is 1.56. The minimum atomic E-state index is -0.174. The van der Waals surface area contributed by atoms with Gasteiger partial charge in [0.05, 0.1) is 30.1 Å². The van der Waals surface area contributed by atoms with E-state index in [9.17, 15) is 14.7 Å². The Balaban J connectivity index is 1.77. The van der Waals surface area contributed by atoms with E-state index < -0.39 is 0 Å². The number of nitrogens with zero attached hydrogens (tertiary/aromatic N) is 3. The molecule has 4 rings (SSSR count). The molecule has 138 valence electrons. The van der Waals surface area contributed by atoms with Crippen LogP contribution in [0.2, 0.25) is 0 Å². The van der Waals surface area contributed by atoms with Gasteiger partial charge < -0.3 is 10.0 Å². The molecule has 1 aromatic heterocycles. The van der Waals surface area contributed by atoms with E-state index in [2.05, 4.69) is 0 Å². The molecule has 2 aliphatic rings. The predicted octanol–water partition coefficient (Wildman–Crippen LogP) is 2.24. The van der Waals surface area contributed by atoms with Crippen LogP contribution in [0.5, 0.6) is 0 Å². The van der Waals surface area contributed by atoms with Crippen LogP contribution in [0.3, 0.4) is 0 Å². The topological polar surface area (TPSA) is 75.4 Å². The monoisotopic (exact) mass is 355 g/mol. The van der Waals surface area contributed by atoms with Gasteiger partial charge >= 0.3 is 0 Å². The molecule has 2 fully saturated rings. The summed E-state index contributed by atoms with van der Waals surface area (Å²) in [6.45, 7) is 0.798. The highest BCUT2D eigenvalue weighted by atomic mass is 16.3. The highest BCUT2D eigenvalue weighted by Gasteiger charge is 2.37. The number of aromatic nitrogens is 2. The van der Waals surface area contributed by atoms with Gasteiger partial charge in [-0.2, -0.15) is 0 Å². The van der Waals surface area contributed by atoms with Crippen LogP contribution in [-0.2, 0) is 11.3 Å². The van der Waals surface area contributed by atoms with Crippen LogP contribution in [-0.4, -0.2) is 38.6 Å². The zero-order valence-electron chi connectivity index (χ0n) is 14.9. The van der Waals surface area contributed by atoms with Crippen molar-refractivity contribution in [1.82, 2.24) is 14.5 Å². The van der Waals surface area contributed by atoms with Gasteiger partial charge in [-0.05, 0) is 37.8 Å². The van der Waals surface area contributed by atoms with E-state index in [1.54, 1.807) is 10.6 Å². The molecule has 1 saturated heterocycles. The molecule has 2 aromatic rings. The molecule has 1 amide bonds. The van der Waals surface area contributed by atoms with E-state index in [1.807, 2.05) is 23.1 Å². The number of fused-ring (bicyclic) bond motifs is 1. The third kappa shape index (κ3) is 2.92. The Morgan fingerprint density at radius 2 is 1.92 bits per heavy atom. The fourth-order valence-corrected chi connectivity index (χ4v) is 4.46. The average molecular weight is 355 g/mol. The Bertz CT molecular complexity index is 870. The first-order valence-electron chi connectivity index (χ1n) is 9.61. The van der Waals surface area contributed by atoms with E-state index in [1.165, 1.54) is 0 Å². The van der Waals surface area contributed by atoms with Gasteiger partial charge in [0.15, 0.2) is 0 Å². The second-order valence-electron chi connectivity index (χ2n) is 7.34. The standard InChI is InChI=1S/C20H25N3O3/c24-13-12-23-18(21-16-9-4-3-8-15(16)20(23)26)17-10-5-11-22(17)19(25)14-6-1-2-7-14/h3-4,8-9,14,17,24H,1-2,5-7,10-13H2. The summed E-state index contributed by atoms with van der Waals surface area (Å²) in [6, 6.07) is 7.11. The number of carbonyl (C=O) groups excluding carboxylic acids is 1. The number of aliphatic hydroxyl groups excluding tert-OH is 1. The Morgan fingerprint density at radius 1 is 1.15 bits per heavy atom. The van der Waals surface area contributed by atoms with E-state index in [4.69, 9.17) is 4.98 Å². The Morgan fingerprint density at radius 3 is 2.69 bits per heavy atom. The Labute approximate surface area is 152 Å². The average Bonchev–Trinajstić information content (AvgIpc) is 3.35. The van der Waals surface area contributed by atoms with Gasteiger partial charge in [0.2, 0.25) is 5.91 Å². The van der Waals surface area contributed by atoms with E-state index in [-0.39, 0.29) is 36.6 Å². The predicted molar refractivity (Wildman–Crippen MR) is 98.7 cm³/mol. The van der Waals surface area contributed by atoms with Crippen molar-refractivity contribution in [3.8, 4) is 0 Å². The van der Waals surface area contributed by atoms with Crippen molar-refractivity contribution in [1.29, 1.82) is 0 Å². The number of amides is 1. The summed E-state index contributed by atoms with van der Waals surface area (Å²) in [5.74, 6) is 0.948. The molecule has 1 aliphatic carbocycles. The van der Waals surface area contributed by atoms with Crippen molar-refractivity contribution in [3.05, 3.63) is 40.4 Å². The lowest BCUT2D eigenvalue weighted by molar-refractivity contribution is -0.136. The maximum absolute atomic E-state index is 13.0. The van der Waals surface area contributed by atoms with Gasteiger partial charge in [-0.25, -0.2) is 4.98 Å². The molecular weight excluding hydrogens is 330 g/mol. The summed E-state index contributed by atoms with van der Waals surface area (Å²) in [7, 11) is 0. The lowest BCUT2D eigenvalue weighted by atomic mass is 10.1. The van der Waals surface area contributed by atoms with Crippen LogP contribution in [0, 0.1) is 5.92 Å². The molecule has 1 unspecified atom stereocenters. The molecular formula is C20H25N3O3. The zero-order chi connectivity index (χ0) is 18.1. The van der Waals surface area contributed by atoms with Crippen molar-refractivity contribution in [3.63, 3.8) is 0 Å². The van der Waals surface area contributed by atoms with Crippen molar-refractivity contribution in [2.24, 2.45) is 5.92 Å². The first-order valence-corrected chi connectivity index (χ1v) is 9.61. The molecule has 2 heterocycles. The molecule has 1 aromatic carbocycles. The van der Waals surface area contributed by atoms with E-state index in [0.717, 1.165) is 45.1 Å². The number of benzene rings is 1. The van der Waals surface area contributed by atoms with E-state index >= 15 is 0 Å². The maximum Gasteiger partial charge on any atom is 0.261 e. The number of rotatable bonds is 4. The molecule has 0 bridgehead atoms. The Hall–Kier alpha value is -2.21. The molecule has 1 atom stereocenters. The van der Waals surface area contributed by atoms with Crippen LogP contribution in [0.15, 0.2) is 29.1 Å². The van der Waals surface area contributed by atoms with Crippen molar-refractivity contribution in [2.75, 3.05) is 13.2 Å². The Kier molecular flexibility index (Phi) is 4.76. The van der Waals surface area contributed by atoms with Crippen molar-refractivity contribution < 1.29 is 9.90 Å². The summed E-state index contributed by atoms with van der Waals surface area (Å²) in [5, 5.41) is 10.0. The van der Waals surface area contributed by atoms with Crippen LogP contribution in [0.1, 0.15) is 50.4 Å². The third-order valence-corrected chi connectivity index (χ3v) is 5.75. The zero-order valence-corrected chi connectivity index (χ0v) is 14.9. The first kappa shape index (κ1) is 17.2. The van der Waals surface area contributed by atoms with Gasteiger partial charge in [0.1, 0.15) is 5.82 Å². The number of hydrogen-bond donors (Lipinski definition) is 1. The van der Waals surface area contributed by atoms with Crippen molar-refractivity contribution in [2.45, 2.75) is 51.1 Å². The smallest absolute Gasteiger partial charge is 0.261 e. The molecule has 6 heteroatoms. The number of carbonyl (C=O) groups is 1. The van der Waals surface area contributed by atoms with Gasteiger partial charge in [0.25, 0.3) is 5.56 Å². The van der Waals surface area contributed by atoms with Gasteiger partial charge in [-0.1, -0.05) is 25.0 Å². The minimum Gasteiger partial charge on any atom is -0.395 e. The molecule has 0 radical (unpaired) electrons. The summed E-state index contributed by atoms with van der Waals surface area (Å²) in [5.41, 5.74) is 0.515. The maximum atomic E-state index is 13.0. The molecule has 1 aliphatic heterocycles. The summed E-state index contributed by atoms with van der Waals surface area (Å²) >= 11 is 0. The number of para-hydroxylation sites is 1. The number of likely N-dealkylation sites (tertiary alicyclic amines) is 1. The van der Waals surface area contributed by atoms with Crippen LogP contribution in [0.25, 0.3) is 10.9 Å². The molecule has 1 N–H and O–H groups in total. The van der Waals surface area contributed by atoms with Crippen molar-refractivity contribution >= 4 is 16.8 Å². The van der Waals surface area contributed by atoms with Crippen LogP contribution in [0.4, 0.5) is 0 Å². The summed E-state index contributed by atoms with van der Waals surface area (Å²) in [4.78, 5) is 32.6. The van der Waals surface area contributed by atoms with Gasteiger partial charge in [-0.15, -0.1) is 0 Å². The van der Waals surface area contributed by atoms with Crippen LogP contribution >= 0.6 is 0 Å². The number of aliphatic hydroxyl groups is 1. The second-order valence-corrected chi connectivity index (χ2v) is 7.34.